The van der Waals surface area contributed by atoms with E-state index in [2.05, 4.69) is 29.6 Å². The Morgan fingerprint density at radius 2 is 2.13 bits per heavy atom. The van der Waals surface area contributed by atoms with Crippen LogP contribution >= 0.6 is 0 Å². The molecular weight excluding hydrogens is 290 g/mol. The summed E-state index contributed by atoms with van der Waals surface area (Å²) < 4.78 is 16.8. The van der Waals surface area contributed by atoms with E-state index >= 15 is 0 Å². The molecule has 23 heavy (non-hydrogen) atoms. The highest BCUT2D eigenvalue weighted by molar-refractivity contribution is 5.48. The van der Waals surface area contributed by atoms with Crippen LogP contribution in [-0.2, 0) is 19.4 Å². The third-order valence-electron chi connectivity index (χ3n) is 4.52. The Hall–Kier alpha value is -2.20. The van der Waals surface area contributed by atoms with Gasteiger partial charge >= 0.3 is 0 Å². The quantitative estimate of drug-likeness (QED) is 0.942. The van der Waals surface area contributed by atoms with Crippen molar-refractivity contribution in [3.05, 3.63) is 53.1 Å². The number of fused-ring (bicyclic) bond motifs is 2. The van der Waals surface area contributed by atoms with Gasteiger partial charge in [-0.3, -0.25) is 0 Å². The maximum atomic E-state index is 5.91. The van der Waals surface area contributed by atoms with Crippen LogP contribution in [0.15, 0.2) is 36.4 Å². The molecule has 2 aliphatic heterocycles. The first kappa shape index (κ1) is 14.4. The van der Waals surface area contributed by atoms with Crippen molar-refractivity contribution in [2.75, 3.05) is 20.3 Å². The van der Waals surface area contributed by atoms with Crippen LogP contribution in [0.25, 0.3) is 0 Å². The van der Waals surface area contributed by atoms with Crippen LogP contribution in [-0.4, -0.2) is 26.4 Å². The van der Waals surface area contributed by atoms with E-state index < -0.39 is 0 Å². The first-order valence-corrected chi connectivity index (χ1v) is 8.10. The van der Waals surface area contributed by atoms with Crippen LogP contribution in [0.3, 0.4) is 0 Å². The van der Waals surface area contributed by atoms with Crippen molar-refractivity contribution in [3.63, 3.8) is 0 Å². The fourth-order valence-corrected chi connectivity index (χ4v) is 3.30. The van der Waals surface area contributed by atoms with Gasteiger partial charge in [-0.1, -0.05) is 24.3 Å². The second-order valence-electron chi connectivity index (χ2n) is 6.08. The van der Waals surface area contributed by atoms with Gasteiger partial charge in [0.05, 0.1) is 13.7 Å². The van der Waals surface area contributed by atoms with Crippen LogP contribution in [0.1, 0.15) is 16.7 Å². The molecule has 2 aliphatic rings. The molecule has 0 amide bonds. The second-order valence-corrected chi connectivity index (χ2v) is 6.08. The van der Waals surface area contributed by atoms with Crippen molar-refractivity contribution in [2.45, 2.75) is 25.4 Å². The lowest BCUT2D eigenvalue weighted by molar-refractivity contribution is 0.226. The van der Waals surface area contributed by atoms with E-state index in [1.165, 1.54) is 16.7 Å². The number of benzene rings is 2. The summed E-state index contributed by atoms with van der Waals surface area (Å²) in [5, 5.41) is 3.60. The number of ether oxygens (including phenoxy) is 3. The molecule has 0 saturated heterocycles. The van der Waals surface area contributed by atoms with Gasteiger partial charge in [0.25, 0.3) is 0 Å². The molecule has 4 nitrogen and oxygen atoms in total. The average Bonchev–Trinajstić information content (AvgIpc) is 3.06. The van der Waals surface area contributed by atoms with Crippen molar-refractivity contribution in [2.24, 2.45) is 0 Å². The molecule has 0 fully saturated rings. The average molecular weight is 311 g/mol. The van der Waals surface area contributed by atoms with Crippen LogP contribution in [0.5, 0.6) is 17.2 Å². The van der Waals surface area contributed by atoms with Crippen LogP contribution in [0, 0.1) is 0 Å². The van der Waals surface area contributed by atoms with E-state index in [1.807, 2.05) is 12.1 Å². The van der Waals surface area contributed by atoms with E-state index in [0.717, 1.165) is 43.2 Å². The summed E-state index contributed by atoms with van der Waals surface area (Å²) in [7, 11) is 1.68. The van der Waals surface area contributed by atoms with Crippen molar-refractivity contribution < 1.29 is 14.2 Å². The summed E-state index contributed by atoms with van der Waals surface area (Å²) in [6.45, 7) is 2.32. The summed E-state index contributed by atoms with van der Waals surface area (Å²) in [5.41, 5.74) is 3.82. The Labute approximate surface area is 136 Å². The Kier molecular flexibility index (Phi) is 3.83. The lowest BCUT2D eigenvalue weighted by Crippen LogP contribution is -2.38. The van der Waals surface area contributed by atoms with E-state index in [1.54, 1.807) is 7.11 Å². The maximum absolute atomic E-state index is 5.91. The molecule has 0 aromatic heterocycles. The van der Waals surface area contributed by atoms with Gasteiger partial charge in [-0.05, 0) is 35.2 Å². The zero-order chi connectivity index (χ0) is 15.6. The highest BCUT2D eigenvalue weighted by Gasteiger charge is 2.22. The molecule has 1 N–H and O–H groups in total. The van der Waals surface area contributed by atoms with Gasteiger partial charge < -0.3 is 19.5 Å². The predicted molar refractivity (Wildman–Crippen MR) is 88.5 cm³/mol. The number of hydrogen-bond acceptors (Lipinski definition) is 4. The summed E-state index contributed by atoms with van der Waals surface area (Å²) in [5.74, 6) is 2.75. The molecule has 4 rings (SSSR count). The first-order valence-electron chi connectivity index (χ1n) is 8.10. The number of para-hydroxylation sites is 1. The molecule has 4 heteroatoms. The molecule has 1 atom stereocenters. The van der Waals surface area contributed by atoms with Crippen LogP contribution in [0.4, 0.5) is 0 Å². The first-order chi connectivity index (χ1) is 11.3. The smallest absolute Gasteiger partial charge is 0.164 e. The SMILES string of the molecule is COc1cccc2c1OCC(NCc1ccc3c(c1)CCO3)C2. The summed E-state index contributed by atoms with van der Waals surface area (Å²) in [6, 6.07) is 12.9. The van der Waals surface area contributed by atoms with Crippen LogP contribution in [0.2, 0.25) is 0 Å². The van der Waals surface area contributed by atoms with Crippen molar-refractivity contribution in [3.8, 4) is 17.2 Å². The van der Waals surface area contributed by atoms with Gasteiger partial charge in [-0.2, -0.15) is 0 Å². The lowest BCUT2D eigenvalue weighted by atomic mass is 10.0. The number of nitrogens with one attached hydrogen (secondary N) is 1. The fraction of sp³-hybridized carbons (Fsp3) is 0.368. The van der Waals surface area contributed by atoms with Gasteiger partial charge in [0.15, 0.2) is 11.5 Å². The molecule has 0 spiro atoms. The predicted octanol–water partition coefficient (Wildman–Crippen LogP) is 2.72. The number of rotatable bonds is 4. The van der Waals surface area contributed by atoms with E-state index in [0.29, 0.717) is 12.6 Å². The fourth-order valence-electron chi connectivity index (χ4n) is 3.30. The van der Waals surface area contributed by atoms with E-state index in [4.69, 9.17) is 14.2 Å². The molecule has 0 saturated carbocycles. The summed E-state index contributed by atoms with van der Waals surface area (Å²) in [4.78, 5) is 0. The Balaban J connectivity index is 1.41. The zero-order valence-corrected chi connectivity index (χ0v) is 13.3. The number of hydrogen-bond donors (Lipinski definition) is 1. The van der Waals surface area contributed by atoms with Crippen molar-refractivity contribution in [1.82, 2.24) is 5.32 Å². The van der Waals surface area contributed by atoms with Gasteiger partial charge in [-0.25, -0.2) is 0 Å². The molecule has 2 aromatic rings. The standard InChI is InChI=1S/C19H21NO3/c1-21-18-4-2-3-15-10-16(12-23-19(15)18)20-11-13-5-6-17-14(9-13)7-8-22-17/h2-6,9,16,20H,7-8,10-12H2,1H3. The minimum absolute atomic E-state index is 0.319. The van der Waals surface area contributed by atoms with Gasteiger partial charge in [-0.15, -0.1) is 0 Å². The normalized spacial score (nSPS) is 18.6. The molecule has 0 bridgehead atoms. The molecule has 0 aliphatic carbocycles. The molecule has 0 radical (unpaired) electrons. The van der Waals surface area contributed by atoms with E-state index in [9.17, 15) is 0 Å². The van der Waals surface area contributed by atoms with E-state index in [-0.39, 0.29) is 0 Å². The second kappa shape index (κ2) is 6.13. The monoisotopic (exact) mass is 311 g/mol. The molecule has 120 valence electrons. The third kappa shape index (κ3) is 2.86. The molecular formula is C19H21NO3. The Bertz CT molecular complexity index is 714. The van der Waals surface area contributed by atoms with Crippen molar-refractivity contribution in [1.29, 1.82) is 0 Å². The third-order valence-corrected chi connectivity index (χ3v) is 4.52. The Morgan fingerprint density at radius 3 is 3.04 bits per heavy atom. The highest BCUT2D eigenvalue weighted by atomic mass is 16.5. The van der Waals surface area contributed by atoms with Crippen LogP contribution < -0.4 is 19.5 Å². The highest BCUT2D eigenvalue weighted by Crippen LogP contribution is 2.34. The Morgan fingerprint density at radius 1 is 1.17 bits per heavy atom. The molecule has 1 unspecified atom stereocenters. The molecule has 2 heterocycles. The van der Waals surface area contributed by atoms with Gasteiger partial charge in [0.1, 0.15) is 12.4 Å². The number of methoxy groups -OCH3 is 1. The summed E-state index contributed by atoms with van der Waals surface area (Å²) in [6.07, 6.45) is 1.98. The maximum Gasteiger partial charge on any atom is 0.164 e. The lowest BCUT2D eigenvalue weighted by Gasteiger charge is -2.27. The largest absolute Gasteiger partial charge is 0.493 e. The molecule has 2 aromatic carbocycles. The van der Waals surface area contributed by atoms with Gasteiger partial charge in [0, 0.05) is 19.0 Å². The van der Waals surface area contributed by atoms with Crippen molar-refractivity contribution >= 4 is 0 Å². The van der Waals surface area contributed by atoms with Gasteiger partial charge in [0.2, 0.25) is 0 Å². The summed E-state index contributed by atoms with van der Waals surface area (Å²) >= 11 is 0. The minimum atomic E-state index is 0.319. The zero-order valence-electron chi connectivity index (χ0n) is 13.3. The minimum Gasteiger partial charge on any atom is -0.493 e. The topological polar surface area (TPSA) is 39.7 Å².